The lowest BCUT2D eigenvalue weighted by atomic mass is 10.3. The molecule has 4 nitrogen and oxygen atoms in total. The van der Waals surface area contributed by atoms with Crippen LogP contribution in [0.2, 0.25) is 0 Å². The maximum absolute atomic E-state index is 11.5. The van der Waals surface area contributed by atoms with Crippen molar-refractivity contribution in [1.29, 1.82) is 0 Å². The number of carbonyl (C=O) groups excluding carboxylic acids is 1. The lowest BCUT2D eigenvalue weighted by molar-refractivity contribution is 0.101. The van der Waals surface area contributed by atoms with E-state index in [4.69, 9.17) is 16.0 Å². The summed E-state index contributed by atoms with van der Waals surface area (Å²) in [6.45, 7) is 0.694. The van der Waals surface area contributed by atoms with E-state index in [0.717, 1.165) is 10.9 Å². The number of thiazole rings is 1. The van der Waals surface area contributed by atoms with E-state index >= 15 is 0 Å². The highest BCUT2D eigenvalue weighted by atomic mass is 35.5. The van der Waals surface area contributed by atoms with Crippen LogP contribution in [0.25, 0.3) is 0 Å². The molecular formula is C13H13ClN2O2S. The molecule has 1 fully saturated rings. The van der Waals surface area contributed by atoms with Crippen LogP contribution < -0.4 is 4.90 Å². The topological polar surface area (TPSA) is 46.3 Å². The van der Waals surface area contributed by atoms with Crippen LogP contribution in [0.4, 0.5) is 5.13 Å². The maximum atomic E-state index is 11.5. The van der Waals surface area contributed by atoms with Crippen LogP contribution >= 0.6 is 22.9 Å². The van der Waals surface area contributed by atoms with Crippen LogP contribution in [0, 0.1) is 0 Å². The number of hydrogen-bond donors (Lipinski definition) is 0. The molecule has 1 saturated carbocycles. The second-order valence-electron chi connectivity index (χ2n) is 4.51. The summed E-state index contributed by atoms with van der Waals surface area (Å²) in [6.07, 6.45) is 4.00. The first kappa shape index (κ1) is 12.7. The fraction of sp³-hybridized carbons (Fsp3) is 0.385. The summed E-state index contributed by atoms with van der Waals surface area (Å²) in [5, 5.41) is 2.64. The van der Waals surface area contributed by atoms with Gasteiger partial charge in [-0.3, -0.25) is 4.79 Å². The zero-order valence-corrected chi connectivity index (χ0v) is 11.8. The van der Waals surface area contributed by atoms with Crippen LogP contribution in [0.15, 0.2) is 28.2 Å². The van der Waals surface area contributed by atoms with E-state index in [0.29, 0.717) is 18.3 Å². The Labute approximate surface area is 120 Å². The lowest BCUT2D eigenvalue weighted by Crippen LogP contribution is -2.24. The summed E-state index contributed by atoms with van der Waals surface area (Å²) < 4.78 is 5.39. The standard InChI is InChI=1S/C13H13ClN2O2S/c14-6-12(17)11-8-19-13(15-11)16(9-3-4-9)7-10-2-1-5-18-10/h1-2,5,8-9H,3-4,6-7H2. The number of alkyl halides is 1. The first-order valence-electron chi connectivity index (χ1n) is 6.11. The molecule has 2 heterocycles. The van der Waals surface area contributed by atoms with Crippen molar-refractivity contribution in [2.24, 2.45) is 0 Å². The molecule has 0 aliphatic heterocycles. The molecule has 6 heteroatoms. The van der Waals surface area contributed by atoms with Crippen molar-refractivity contribution in [3.05, 3.63) is 35.2 Å². The van der Waals surface area contributed by atoms with Gasteiger partial charge in [-0.1, -0.05) is 0 Å². The molecule has 0 spiro atoms. The van der Waals surface area contributed by atoms with Crippen LogP contribution in [-0.2, 0) is 6.54 Å². The monoisotopic (exact) mass is 296 g/mol. The Hall–Kier alpha value is -1.33. The van der Waals surface area contributed by atoms with Gasteiger partial charge in [0.2, 0.25) is 0 Å². The SMILES string of the molecule is O=C(CCl)c1csc(N(Cc2ccco2)C2CC2)n1. The number of ketones is 1. The van der Waals surface area contributed by atoms with Gasteiger partial charge in [0, 0.05) is 11.4 Å². The highest BCUT2D eigenvalue weighted by Gasteiger charge is 2.31. The average molecular weight is 297 g/mol. The van der Waals surface area contributed by atoms with Crippen molar-refractivity contribution in [2.75, 3.05) is 10.8 Å². The highest BCUT2D eigenvalue weighted by Crippen LogP contribution is 2.34. The van der Waals surface area contributed by atoms with Crippen LogP contribution in [-0.4, -0.2) is 22.7 Å². The Morgan fingerprint density at radius 1 is 1.58 bits per heavy atom. The van der Waals surface area contributed by atoms with Crippen molar-refractivity contribution in [2.45, 2.75) is 25.4 Å². The molecule has 2 aromatic heterocycles. The zero-order chi connectivity index (χ0) is 13.2. The predicted molar refractivity (Wildman–Crippen MR) is 75.1 cm³/mol. The van der Waals surface area contributed by atoms with Gasteiger partial charge in [0.05, 0.1) is 18.7 Å². The Balaban J connectivity index is 1.80. The Kier molecular flexibility index (Phi) is 3.57. The number of Topliss-reactive ketones (excluding diaryl/α,β-unsaturated/α-hetero) is 1. The van der Waals surface area contributed by atoms with Gasteiger partial charge in [-0.05, 0) is 25.0 Å². The van der Waals surface area contributed by atoms with Gasteiger partial charge in [0.15, 0.2) is 10.9 Å². The van der Waals surface area contributed by atoms with Crippen LogP contribution in [0.1, 0.15) is 29.1 Å². The minimum absolute atomic E-state index is 0.0230. The molecule has 0 aromatic carbocycles. The number of halogens is 1. The summed E-state index contributed by atoms with van der Waals surface area (Å²) >= 11 is 7.04. The van der Waals surface area contributed by atoms with Crippen LogP contribution in [0.5, 0.6) is 0 Å². The van der Waals surface area contributed by atoms with E-state index in [2.05, 4.69) is 9.88 Å². The quantitative estimate of drug-likeness (QED) is 0.606. The summed E-state index contributed by atoms with van der Waals surface area (Å²) in [5.41, 5.74) is 0.458. The predicted octanol–water partition coefficient (Wildman–Crippen LogP) is 3.33. The van der Waals surface area contributed by atoms with Gasteiger partial charge in [-0.25, -0.2) is 4.98 Å². The van der Waals surface area contributed by atoms with Gasteiger partial charge < -0.3 is 9.32 Å². The molecular weight excluding hydrogens is 284 g/mol. The van der Waals surface area contributed by atoms with E-state index in [1.165, 1.54) is 24.2 Å². The van der Waals surface area contributed by atoms with Gasteiger partial charge >= 0.3 is 0 Å². The van der Waals surface area contributed by atoms with E-state index in [-0.39, 0.29) is 11.7 Å². The average Bonchev–Trinajstić information content (AvgIpc) is 2.94. The number of carbonyl (C=O) groups is 1. The van der Waals surface area contributed by atoms with Gasteiger partial charge in [0.25, 0.3) is 0 Å². The molecule has 0 bridgehead atoms. The second-order valence-corrected chi connectivity index (χ2v) is 5.61. The van der Waals surface area contributed by atoms with Crippen LogP contribution in [0.3, 0.4) is 0 Å². The minimum atomic E-state index is -0.127. The Morgan fingerprint density at radius 3 is 3.05 bits per heavy atom. The Bertz CT molecular complexity index is 563. The fourth-order valence-corrected chi connectivity index (χ4v) is 2.94. The molecule has 100 valence electrons. The van der Waals surface area contributed by atoms with Crippen molar-refractivity contribution >= 4 is 33.9 Å². The summed E-state index contributed by atoms with van der Waals surface area (Å²) in [6, 6.07) is 4.34. The number of anilines is 1. The molecule has 1 aliphatic rings. The van der Waals surface area contributed by atoms with Crippen molar-refractivity contribution < 1.29 is 9.21 Å². The van der Waals surface area contributed by atoms with Gasteiger partial charge in [-0.15, -0.1) is 22.9 Å². The number of hydrogen-bond acceptors (Lipinski definition) is 5. The van der Waals surface area contributed by atoms with Crippen molar-refractivity contribution in [1.82, 2.24) is 4.98 Å². The number of furan rings is 1. The molecule has 0 amide bonds. The van der Waals surface area contributed by atoms with Crippen molar-refractivity contribution in [3.63, 3.8) is 0 Å². The normalized spacial score (nSPS) is 14.6. The first-order chi connectivity index (χ1) is 9.28. The molecule has 0 saturated heterocycles. The first-order valence-corrected chi connectivity index (χ1v) is 7.53. The highest BCUT2D eigenvalue weighted by molar-refractivity contribution is 7.14. The van der Waals surface area contributed by atoms with E-state index in [9.17, 15) is 4.79 Å². The molecule has 0 unspecified atom stereocenters. The summed E-state index contributed by atoms with van der Waals surface area (Å²) in [4.78, 5) is 18.1. The van der Waals surface area contributed by atoms with E-state index in [1.807, 2.05) is 12.1 Å². The molecule has 3 rings (SSSR count). The molecule has 0 atom stereocenters. The van der Waals surface area contributed by atoms with Gasteiger partial charge in [-0.2, -0.15) is 0 Å². The number of rotatable bonds is 6. The molecule has 1 aliphatic carbocycles. The summed E-state index contributed by atoms with van der Waals surface area (Å²) in [7, 11) is 0. The smallest absolute Gasteiger partial charge is 0.196 e. The fourth-order valence-electron chi connectivity index (χ4n) is 1.90. The third-order valence-corrected chi connectivity index (χ3v) is 4.16. The maximum Gasteiger partial charge on any atom is 0.196 e. The second kappa shape index (κ2) is 5.35. The third kappa shape index (κ3) is 2.82. The largest absolute Gasteiger partial charge is 0.467 e. The molecule has 0 radical (unpaired) electrons. The Morgan fingerprint density at radius 2 is 2.42 bits per heavy atom. The zero-order valence-electron chi connectivity index (χ0n) is 10.2. The number of aromatic nitrogens is 1. The molecule has 2 aromatic rings. The lowest BCUT2D eigenvalue weighted by Gasteiger charge is -2.19. The summed E-state index contributed by atoms with van der Waals surface area (Å²) in [5.74, 6) is 0.760. The molecule has 0 N–H and O–H groups in total. The minimum Gasteiger partial charge on any atom is -0.467 e. The third-order valence-electron chi connectivity index (χ3n) is 3.04. The van der Waals surface area contributed by atoms with E-state index < -0.39 is 0 Å². The number of nitrogens with zero attached hydrogens (tertiary/aromatic N) is 2. The molecule has 19 heavy (non-hydrogen) atoms. The van der Waals surface area contributed by atoms with Crippen molar-refractivity contribution in [3.8, 4) is 0 Å². The van der Waals surface area contributed by atoms with E-state index in [1.54, 1.807) is 11.6 Å². The van der Waals surface area contributed by atoms with Gasteiger partial charge in [0.1, 0.15) is 11.5 Å².